The molecule has 150 valence electrons. The summed E-state index contributed by atoms with van der Waals surface area (Å²) < 4.78 is 18.9. The predicted molar refractivity (Wildman–Crippen MR) is 105 cm³/mol. The van der Waals surface area contributed by atoms with Gasteiger partial charge in [0.25, 0.3) is 11.8 Å². The third kappa shape index (κ3) is 7.68. The van der Waals surface area contributed by atoms with Crippen molar-refractivity contribution in [2.75, 3.05) is 6.61 Å². The van der Waals surface area contributed by atoms with E-state index in [9.17, 15) is 13.8 Å². The highest BCUT2D eigenvalue weighted by molar-refractivity contribution is 7.94. The average molecular weight is 427 g/mol. The topological polar surface area (TPSA) is 148 Å². The minimum absolute atomic E-state index is 0.0936. The molecule has 1 aromatic rings. The Morgan fingerprint density at radius 1 is 1.35 bits per heavy atom. The minimum Gasteiger partial charge on any atom is -0.394 e. The van der Waals surface area contributed by atoms with Crippen LogP contribution in [0.25, 0.3) is 0 Å². The van der Waals surface area contributed by atoms with Crippen LogP contribution in [0, 0.1) is 5.92 Å². The molecule has 0 spiro atoms. The Labute approximate surface area is 163 Å². The third-order valence-corrected chi connectivity index (χ3v) is 6.46. The SMILES string of the molecule is CC.CC(C)C[C@H](N)C(=O)N=S(=O)(NC(=O)[C@H](N)CO)c1cc(Cl)cs1. The molecule has 0 fully saturated rings. The average Bonchev–Trinajstić information content (AvgIpc) is 3.02. The second-order valence-corrected chi connectivity index (χ2v) is 9.02. The molecule has 0 aliphatic carbocycles. The summed E-state index contributed by atoms with van der Waals surface area (Å²) in [5.74, 6) is -1.55. The molecule has 0 aromatic carbocycles. The molecule has 0 aliphatic rings. The maximum atomic E-state index is 13.1. The van der Waals surface area contributed by atoms with Crippen molar-refractivity contribution >= 4 is 44.7 Å². The van der Waals surface area contributed by atoms with E-state index in [1.54, 1.807) is 0 Å². The van der Waals surface area contributed by atoms with Gasteiger partial charge in [-0.25, -0.2) is 4.21 Å². The van der Waals surface area contributed by atoms with E-state index in [1.165, 1.54) is 11.4 Å². The van der Waals surface area contributed by atoms with E-state index in [2.05, 4.69) is 9.08 Å². The zero-order valence-electron chi connectivity index (χ0n) is 15.3. The van der Waals surface area contributed by atoms with Crippen LogP contribution in [0.3, 0.4) is 0 Å². The van der Waals surface area contributed by atoms with Crippen molar-refractivity contribution in [3.63, 3.8) is 0 Å². The summed E-state index contributed by atoms with van der Waals surface area (Å²) in [6.07, 6.45) is 0.354. The lowest BCUT2D eigenvalue weighted by atomic mass is 10.0. The molecular formula is C15H27ClN4O4S2. The first kappa shape index (κ1) is 25.0. The van der Waals surface area contributed by atoms with Gasteiger partial charge in [-0.3, -0.25) is 14.3 Å². The quantitative estimate of drug-likeness (QED) is 0.519. The lowest BCUT2D eigenvalue weighted by molar-refractivity contribution is -0.121. The molecule has 3 atom stereocenters. The normalized spacial score (nSPS) is 15.3. The first-order valence-corrected chi connectivity index (χ1v) is 10.8. The van der Waals surface area contributed by atoms with Crippen LogP contribution in [0.15, 0.2) is 20.0 Å². The molecule has 0 aliphatic heterocycles. The standard InChI is InChI=1S/C13H21ClN4O4S2.C2H6/c1-7(2)3-9(15)12(20)17-24(22,11-4-8(14)6-23-11)18-13(21)10(16)5-19;1-2/h4,6-7,9-10,19H,3,5,15-16H2,1-2H3,(H,17,18,20,21,22);1-2H3/t9-,10+,24?;/m0./s1. The predicted octanol–water partition coefficient (Wildman–Crippen LogP) is 1.51. The zero-order valence-corrected chi connectivity index (χ0v) is 17.7. The maximum absolute atomic E-state index is 13.1. The maximum Gasteiger partial charge on any atom is 0.272 e. The van der Waals surface area contributed by atoms with Crippen LogP contribution in [0.1, 0.15) is 34.1 Å². The van der Waals surface area contributed by atoms with Crippen LogP contribution < -0.4 is 16.2 Å². The van der Waals surface area contributed by atoms with Gasteiger partial charge in [0.15, 0.2) is 9.92 Å². The van der Waals surface area contributed by atoms with E-state index in [4.69, 9.17) is 28.2 Å². The summed E-state index contributed by atoms with van der Waals surface area (Å²) in [7, 11) is -3.64. The van der Waals surface area contributed by atoms with Crippen molar-refractivity contribution in [2.45, 2.75) is 50.4 Å². The Kier molecular flexibility index (Phi) is 11.2. The molecule has 0 bridgehead atoms. The molecule has 1 rings (SSSR count). The molecule has 0 saturated heterocycles. The number of hydrogen-bond acceptors (Lipinski definition) is 7. The van der Waals surface area contributed by atoms with Gasteiger partial charge in [0, 0.05) is 5.38 Å². The van der Waals surface area contributed by atoms with Crippen LogP contribution in [0.5, 0.6) is 0 Å². The van der Waals surface area contributed by atoms with Crippen molar-refractivity contribution in [3.8, 4) is 0 Å². The highest BCUT2D eigenvalue weighted by Gasteiger charge is 2.25. The summed E-state index contributed by atoms with van der Waals surface area (Å²) in [4.78, 5) is 24.1. The lowest BCUT2D eigenvalue weighted by Crippen LogP contribution is -2.45. The van der Waals surface area contributed by atoms with Gasteiger partial charge >= 0.3 is 0 Å². The number of carbonyl (C=O) groups is 2. The van der Waals surface area contributed by atoms with E-state index in [1.807, 2.05) is 27.7 Å². The van der Waals surface area contributed by atoms with Crippen molar-refractivity contribution in [3.05, 3.63) is 16.5 Å². The minimum atomic E-state index is -3.64. The zero-order chi connectivity index (χ0) is 20.5. The highest BCUT2D eigenvalue weighted by Crippen LogP contribution is 2.25. The van der Waals surface area contributed by atoms with Crippen LogP contribution in [0.4, 0.5) is 0 Å². The fourth-order valence-electron chi connectivity index (χ4n) is 1.66. The monoisotopic (exact) mass is 426 g/mol. The Morgan fingerprint density at radius 3 is 2.35 bits per heavy atom. The second-order valence-electron chi connectivity index (χ2n) is 5.53. The molecule has 2 amide bonds. The molecule has 0 saturated carbocycles. The van der Waals surface area contributed by atoms with Gasteiger partial charge in [-0.05, 0) is 18.4 Å². The lowest BCUT2D eigenvalue weighted by Gasteiger charge is -2.15. The van der Waals surface area contributed by atoms with Gasteiger partial charge in [0.05, 0.1) is 17.7 Å². The van der Waals surface area contributed by atoms with Crippen molar-refractivity contribution in [1.82, 2.24) is 4.72 Å². The van der Waals surface area contributed by atoms with E-state index in [-0.39, 0.29) is 15.1 Å². The van der Waals surface area contributed by atoms with Crippen LogP contribution in [-0.4, -0.2) is 39.8 Å². The highest BCUT2D eigenvalue weighted by atomic mass is 35.5. The number of amides is 2. The molecule has 1 aromatic heterocycles. The number of nitrogens with zero attached hydrogens (tertiary/aromatic N) is 1. The summed E-state index contributed by atoms with van der Waals surface area (Å²) in [6, 6.07) is -0.898. The first-order chi connectivity index (χ1) is 12.1. The number of aliphatic hydroxyl groups is 1. The van der Waals surface area contributed by atoms with Crippen LogP contribution in [-0.2, 0) is 19.5 Å². The molecule has 1 heterocycles. The van der Waals surface area contributed by atoms with Gasteiger partial charge < -0.3 is 16.6 Å². The van der Waals surface area contributed by atoms with Crippen LogP contribution in [0.2, 0.25) is 5.02 Å². The van der Waals surface area contributed by atoms with Crippen molar-refractivity contribution in [1.29, 1.82) is 0 Å². The third-order valence-electron chi connectivity index (χ3n) is 2.85. The number of nitrogens with one attached hydrogen (secondary N) is 1. The Morgan fingerprint density at radius 2 is 1.92 bits per heavy atom. The number of aliphatic hydroxyl groups excluding tert-OH is 1. The molecule has 11 heteroatoms. The molecular weight excluding hydrogens is 400 g/mol. The summed E-state index contributed by atoms with van der Waals surface area (Å²) in [5.41, 5.74) is 11.2. The molecule has 1 unspecified atom stereocenters. The van der Waals surface area contributed by atoms with Crippen molar-refractivity contribution in [2.24, 2.45) is 21.7 Å². The number of rotatable bonds is 7. The first-order valence-electron chi connectivity index (χ1n) is 8.07. The fraction of sp³-hybridized carbons (Fsp3) is 0.600. The van der Waals surface area contributed by atoms with Gasteiger partial charge in [-0.1, -0.05) is 39.3 Å². The van der Waals surface area contributed by atoms with E-state index in [0.29, 0.717) is 6.42 Å². The fourth-order valence-corrected chi connectivity index (χ4v) is 4.76. The number of thiophene rings is 1. The van der Waals surface area contributed by atoms with E-state index >= 15 is 0 Å². The Bertz CT molecular complexity index is 714. The number of hydrogen-bond donors (Lipinski definition) is 4. The second kappa shape index (κ2) is 11.6. The summed E-state index contributed by atoms with van der Waals surface area (Å²) in [6.45, 7) is 7.12. The smallest absolute Gasteiger partial charge is 0.272 e. The van der Waals surface area contributed by atoms with Gasteiger partial charge in [-0.2, -0.15) is 0 Å². The van der Waals surface area contributed by atoms with Crippen molar-refractivity contribution < 1.29 is 18.9 Å². The van der Waals surface area contributed by atoms with Gasteiger partial charge in [0.1, 0.15) is 10.3 Å². The van der Waals surface area contributed by atoms with E-state index < -0.39 is 40.4 Å². The molecule has 6 N–H and O–H groups in total. The number of halogens is 1. The van der Waals surface area contributed by atoms with Crippen LogP contribution >= 0.6 is 22.9 Å². The largest absolute Gasteiger partial charge is 0.394 e. The summed E-state index contributed by atoms with van der Waals surface area (Å²) >= 11 is 6.79. The van der Waals surface area contributed by atoms with E-state index in [0.717, 1.165) is 11.3 Å². The number of nitrogens with two attached hydrogens (primary N) is 2. The van der Waals surface area contributed by atoms with Gasteiger partial charge in [0.2, 0.25) is 0 Å². The van der Waals surface area contributed by atoms with Gasteiger partial charge in [-0.15, -0.1) is 15.7 Å². The molecule has 0 radical (unpaired) electrons. The Balaban J connectivity index is 0.00000301. The summed E-state index contributed by atoms with van der Waals surface area (Å²) in [5, 5.41) is 10.7. The molecule has 26 heavy (non-hydrogen) atoms. The number of carbonyl (C=O) groups excluding carboxylic acids is 2. The Hall–Kier alpha value is -1.04. The molecule has 8 nitrogen and oxygen atoms in total.